The Hall–Kier alpha value is -4.52. The van der Waals surface area contributed by atoms with Crippen LogP contribution in [0.15, 0.2) is 140 Å². The maximum absolute atomic E-state index is 12.4. The molecule has 194 valence electrons. The third kappa shape index (κ3) is 5.07. The Morgan fingerprint density at radius 3 is 1.75 bits per heavy atom. The highest BCUT2D eigenvalue weighted by Gasteiger charge is 2.24. The maximum Gasteiger partial charge on any atom is 0.330 e. The van der Waals surface area contributed by atoms with Crippen LogP contribution < -0.4 is 15.9 Å². The van der Waals surface area contributed by atoms with E-state index in [0.29, 0.717) is 6.61 Å². The van der Waals surface area contributed by atoms with E-state index in [1.807, 2.05) is 13.0 Å². The molecule has 0 saturated heterocycles. The number of ether oxygens (including phenoxy) is 1. The van der Waals surface area contributed by atoms with Crippen molar-refractivity contribution in [1.82, 2.24) is 0 Å². The lowest BCUT2D eigenvalue weighted by Crippen LogP contribution is -2.22. The van der Waals surface area contributed by atoms with E-state index >= 15 is 0 Å². The third-order valence-corrected chi connectivity index (χ3v) is 9.56. The van der Waals surface area contributed by atoms with Crippen LogP contribution in [-0.4, -0.2) is 12.6 Å². The van der Waals surface area contributed by atoms with Crippen LogP contribution in [0.3, 0.4) is 0 Å². The maximum atomic E-state index is 12.4. The van der Waals surface area contributed by atoms with Gasteiger partial charge in [0.25, 0.3) is 0 Å². The summed E-state index contributed by atoms with van der Waals surface area (Å²) in [6.07, 6.45) is 3.44. The number of fused-ring (bicyclic) bond motifs is 2. The zero-order valence-electron chi connectivity index (χ0n) is 22.3. The number of carbonyl (C=O) groups excluding carboxylic acids is 1. The van der Waals surface area contributed by atoms with E-state index < -0.39 is 7.92 Å². The van der Waals surface area contributed by atoms with Crippen LogP contribution in [-0.2, 0) is 9.53 Å². The molecule has 0 spiro atoms. The van der Waals surface area contributed by atoms with Crippen molar-refractivity contribution >= 4 is 57.4 Å². The van der Waals surface area contributed by atoms with Crippen LogP contribution in [0, 0.1) is 0 Å². The number of benzene rings is 6. The fourth-order valence-electron chi connectivity index (χ4n) is 5.34. The molecule has 0 bridgehead atoms. The summed E-state index contributed by atoms with van der Waals surface area (Å²) >= 11 is 0. The molecule has 0 N–H and O–H groups in total. The quantitative estimate of drug-likeness (QED) is 0.117. The van der Waals surface area contributed by atoms with Crippen molar-refractivity contribution < 1.29 is 9.53 Å². The molecular weight excluding hydrogens is 507 g/mol. The zero-order valence-corrected chi connectivity index (χ0v) is 23.2. The van der Waals surface area contributed by atoms with Gasteiger partial charge in [0, 0.05) is 6.08 Å². The van der Waals surface area contributed by atoms with E-state index in [-0.39, 0.29) is 5.97 Å². The summed E-state index contributed by atoms with van der Waals surface area (Å²) in [6, 6.07) is 47.5. The first-order valence-electron chi connectivity index (χ1n) is 13.5. The topological polar surface area (TPSA) is 26.3 Å². The standard InChI is InChI=1S/C37H29O2P/c1-2-39-35(38)26-24-29-22-21-27-13-9-11-19-32(27)36(29)37-33-20-12-10-14-28(33)23-25-34(37)40(30-15-5-3-6-16-30)31-17-7-4-8-18-31/h3-26H,2H2,1H3/b26-24+. The van der Waals surface area contributed by atoms with Crippen LogP contribution in [0.5, 0.6) is 0 Å². The van der Waals surface area contributed by atoms with Gasteiger partial charge >= 0.3 is 5.97 Å². The number of hydrogen-bond donors (Lipinski definition) is 0. The molecule has 0 amide bonds. The van der Waals surface area contributed by atoms with Gasteiger partial charge in [0.2, 0.25) is 0 Å². The predicted molar refractivity (Wildman–Crippen MR) is 171 cm³/mol. The smallest absolute Gasteiger partial charge is 0.330 e. The average molecular weight is 537 g/mol. The molecule has 0 saturated carbocycles. The largest absolute Gasteiger partial charge is 0.463 e. The molecule has 0 unspecified atom stereocenters. The molecule has 40 heavy (non-hydrogen) atoms. The number of esters is 1. The molecule has 0 aliphatic heterocycles. The van der Waals surface area contributed by atoms with E-state index in [1.165, 1.54) is 32.2 Å². The second-order valence-electron chi connectivity index (χ2n) is 9.52. The first-order chi connectivity index (χ1) is 19.7. The molecule has 0 aliphatic rings. The van der Waals surface area contributed by atoms with Crippen molar-refractivity contribution in [1.29, 1.82) is 0 Å². The van der Waals surface area contributed by atoms with Crippen LogP contribution in [0.25, 0.3) is 38.7 Å². The Bertz CT molecular complexity index is 1780. The molecule has 0 atom stereocenters. The Kier molecular flexibility index (Phi) is 7.53. The fraction of sp³-hybridized carbons (Fsp3) is 0.0541. The Morgan fingerprint density at radius 1 is 0.625 bits per heavy atom. The second kappa shape index (κ2) is 11.7. The Balaban J connectivity index is 1.72. The SMILES string of the molecule is CCOC(=O)/C=C/c1ccc2ccccc2c1-c1c(P(c2ccccc2)c2ccccc2)ccc2ccccc12. The van der Waals surface area contributed by atoms with Gasteiger partial charge in [-0.05, 0) is 75.1 Å². The Morgan fingerprint density at radius 2 is 1.15 bits per heavy atom. The summed E-state index contributed by atoms with van der Waals surface area (Å²) in [5.41, 5.74) is 3.32. The van der Waals surface area contributed by atoms with Crippen molar-refractivity contribution in [2.24, 2.45) is 0 Å². The van der Waals surface area contributed by atoms with Gasteiger partial charge in [-0.2, -0.15) is 0 Å². The van der Waals surface area contributed by atoms with Gasteiger partial charge in [0.05, 0.1) is 6.61 Å². The molecule has 0 fully saturated rings. The van der Waals surface area contributed by atoms with Crippen LogP contribution in [0.4, 0.5) is 0 Å². The Labute approximate surface area is 236 Å². The summed E-state index contributed by atoms with van der Waals surface area (Å²) in [5, 5.41) is 8.57. The second-order valence-corrected chi connectivity index (χ2v) is 11.7. The molecular formula is C37H29O2P. The first kappa shape index (κ1) is 25.7. The minimum absolute atomic E-state index is 0.337. The zero-order chi connectivity index (χ0) is 27.3. The number of hydrogen-bond acceptors (Lipinski definition) is 2. The van der Waals surface area contributed by atoms with Crippen LogP contribution in [0.1, 0.15) is 12.5 Å². The first-order valence-corrected chi connectivity index (χ1v) is 14.9. The normalized spacial score (nSPS) is 11.4. The highest BCUT2D eigenvalue weighted by Crippen LogP contribution is 2.43. The van der Waals surface area contributed by atoms with Gasteiger partial charge in [-0.15, -0.1) is 0 Å². The van der Waals surface area contributed by atoms with Crippen molar-refractivity contribution in [3.63, 3.8) is 0 Å². The summed E-state index contributed by atoms with van der Waals surface area (Å²) in [5.74, 6) is -0.337. The molecule has 0 aromatic heterocycles. The lowest BCUT2D eigenvalue weighted by Gasteiger charge is -2.25. The predicted octanol–water partition coefficient (Wildman–Crippen LogP) is 7.99. The van der Waals surface area contributed by atoms with Crippen molar-refractivity contribution in [3.8, 4) is 11.1 Å². The summed E-state index contributed by atoms with van der Waals surface area (Å²) in [4.78, 5) is 12.4. The lowest BCUT2D eigenvalue weighted by molar-refractivity contribution is -0.137. The monoisotopic (exact) mass is 536 g/mol. The molecule has 6 aromatic rings. The summed E-state index contributed by atoms with van der Waals surface area (Å²) in [6.45, 7) is 2.17. The molecule has 6 rings (SSSR count). The van der Waals surface area contributed by atoms with E-state index in [1.54, 1.807) is 6.08 Å². The van der Waals surface area contributed by atoms with Crippen molar-refractivity contribution in [2.75, 3.05) is 6.61 Å². The van der Waals surface area contributed by atoms with Gasteiger partial charge < -0.3 is 4.74 Å². The average Bonchev–Trinajstić information content (AvgIpc) is 3.01. The number of rotatable bonds is 7. The van der Waals surface area contributed by atoms with Gasteiger partial charge in [0.1, 0.15) is 0 Å². The van der Waals surface area contributed by atoms with Crippen molar-refractivity contribution in [3.05, 3.63) is 145 Å². The van der Waals surface area contributed by atoms with Gasteiger partial charge in [-0.3, -0.25) is 0 Å². The molecule has 0 radical (unpaired) electrons. The van der Waals surface area contributed by atoms with Gasteiger partial charge in [-0.25, -0.2) is 4.79 Å². The fourth-order valence-corrected chi connectivity index (χ4v) is 7.82. The molecule has 0 heterocycles. The van der Waals surface area contributed by atoms with Crippen LogP contribution >= 0.6 is 7.92 Å². The summed E-state index contributed by atoms with van der Waals surface area (Å²) < 4.78 is 5.22. The highest BCUT2D eigenvalue weighted by atomic mass is 31.1. The van der Waals surface area contributed by atoms with E-state index in [2.05, 4.69) is 133 Å². The van der Waals surface area contributed by atoms with E-state index in [4.69, 9.17) is 4.74 Å². The van der Waals surface area contributed by atoms with Crippen molar-refractivity contribution in [2.45, 2.75) is 6.92 Å². The van der Waals surface area contributed by atoms with Gasteiger partial charge in [0.15, 0.2) is 0 Å². The lowest BCUT2D eigenvalue weighted by atomic mass is 9.90. The van der Waals surface area contributed by atoms with Crippen LogP contribution in [0.2, 0.25) is 0 Å². The van der Waals surface area contributed by atoms with E-state index in [9.17, 15) is 4.79 Å². The molecule has 6 aromatic carbocycles. The van der Waals surface area contributed by atoms with Gasteiger partial charge in [-0.1, -0.05) is 133 Å². The summed E-state index contributed by atoms with van der Waals surface area (Å²) in [7, 11) is -0.875. The van der Waals surface area contributed by atoms with E-state index in [0.717, 1.165) is 21.9 Å². The minimum atomic E-state index is -0.875. The third-order valence-electron chi connectivity index (χ3n) is 7.07. The molecule has 3 heteroatoms. The molecule has 0 aliphatic carbocycles. The molecule has 2 nitrogen and oxygen atoms in total. The highest BCUT2D eigenvalue weighted by molar-refractivity contribution is 7.80. The number of carbonyl (C=O) groups is 1. The minimum Gasteiger partial charge on any atom is -0.463 e.